The van der Waals surface area contributed by atoms with E-state index in [1.807, 2.05) is 31.2 Å². The Morgan fingerprint density at radius 1 is 1.00 bits per heavy atom. The topological polar surface area (TPSA) is 30.5 Å². The molecule has 116 valence electrons. The zero-order chi connectivity index (χ0) is 15.2. The number of hydrogen-bond donors (Lipinski definition) is 1. The van der Waals surface area contributed by atoms with Gasteiger partial charge in [0.25, 0.3) is 0 Å². The molecule has 2 aromatic carbocycles. The van der Waals surface area contributed by atoms with Crippen molar-refractivity contribution in [1.82, 2.24) is 5.32 Å². The number of piperidine rings is 1. The summed E-state index contributed by atoms with van der Waals surface area (Å²) in [6.45, 7) is 4.64. The van der Waals surface area contributed by atoms with Crippen LogP contribution in [0.2, 0.25) is 0 Å². The fourth-order valence-corrected chi connectivity index (χ4v) is 2.96. The van der Waals surface area contributed by atoms with Gasteiger partial charge in [-0.25, -0.2) is 0 Å². The minimum atomic E-state index is 0.210. The van der Waals surface area contributed by atoms with Crippen LogP contribution in [0, 0.1) is 0 Å². The van der Waals surface area contributed by atoms with Crippen LogP contribution >= 0.6 is 0 Å². The summed E-state index contributed by atoms with van der Waals surface area (Å²) in [6, 6.07) is 18.6. The van der Waals surface area contributed by atoms with Crippen LogP contribution in [0.1, 0.15) is 24.8 Å². The van der Waals surface area contributed by atoms with Gasteiger partial charge < -0.3 is 14.8 Å². The van der Waals surface area contributed by atoms with Gasteiger partial charge in [-0.3, -0.25) is 0 Å². The highest BCUT2D eigenvalue weighted by atomic mass is 16.5. The van der Waals surface area contributed by atoms with E-state index >= 15 is 0 Å². The van der Waals surface area contributed by atoms with Crippen LogP contribution in [0.25, 0.3) is 0 Å². The number of rotatable bonds is 5. The molecule has 0 radical (unpaired) electrons. The first-order valence-electron chi connectivity index (χ1n) is 8.02. The minimum absolute atomic E-state index is 0.210. The van der Waals surface area contributed by atoms with E-state index in [1.165, 1.54) is 5.56 Å². The molecule has 2 aromatic rings. The molecule has 1 aliphatic rings. The van der Waals surface area contributed by atoms with Crippen LogP contribution in [0.3, 0.4) is 0 Å². The molecule has 0 saturated carbocycles. The minimum Gasteiger partial charge on any atom is -0.494 e. The van der Waals surface area contributed by atoms with Crippen molar-refractivity contribution in [2.24, 2.45) is 0 Å². The molecule has 1 saturated heterocycles. The first-order chi connectivity index (χ1) is 10.9. The van der Waals surface area contributed by atoms with Gasteiger partial charge in [-0.2, -0.15) is 0 Å². The molecule has 0 aromatic heterocycles. The predicted molar refractivity (Wildman–Crippen MR) is 88.7 cm³/mol. The van der Waals surface area contributed by atoms with E-state index in [9.17, 15) is 0 Å². The monoisotopic (exact) mass is 297 g/mol. The van der Waals surface area contributed by atoms with Gasteiger partial charge in [0.15, 0.2) is 0 Å². The van der Waals surface area contributed by atoms with Crippen LogP contribution in [-0.2, 0) is 0 Å². The highest BCUT2D eigenvalue weighted by Gasteiger charge is 2.27. The highest BCUT2D eigenvalue weighted by molar-refractivity contribution is 5.32. The van der Waals surface area contributed by atoms with Crippen LogP contribution in [0.4, 0.5) is 0 Å². The van der Waals surface area contributed by atoms with Crippen molar-refractivity contribution < 1.29 is 9.47 Å². The van der Waals surface area contributed by atoms with Crippen molar-refractivity contribution in [2.75, 3.05) is 19.7 Å². The molecule has 3 heteroatoms. The van der Waals surface area contributed by atoms with Crippen LogP contribution < -0.4 is 14.8 Å². The van der Waals surface area contributed by atoms with Gasteiger partial charge in [-0.1, -0.05) is 30.3 Å². The molecule has 2 unspecified atom stereocenters. The number of hydrogen-bond acceptors (Lipinski definition) is 3. The smallest absolute Gasteiger partial charge is 0.120 e. The average Bonchev–Trinajstić information content (AvgIpc) is 2.58. The molecule has 1 fully saturated rings. The Labute approximate surface area is 132 Å². The van der Waals surface area contributed by atoms with Gasteiger partial charge in [-0.15, -0.1) is 0 Å². The van der Waals surface area contributed by atoms with Gasteiger partial charge in [0.1, 0.15) is 17.6 Å². The number of ether oxygens (including phenoxy) is 2. The Morgan fingerprint density at radius 2 is 1.73 bits per heavy atom. The lowest BCUT2D eigenvalue weighted by atomic mass is 9.89. The number of benzene rings is 2. The Bertz CT molecular complexity index is 568. The summed E-state index contributed by atoms with van der Waals surface area (Å²) >= 11 is 0. The van der Waals surface area contributed by atoms with Crippen LogP contribution in [0.15, 0.2) is 54.6 Å². The third kappa shape index (κ3) is 3.60. The molecule has 0 aliphatic carbocycles. The van der Waals surface area contributed by atoms with Crippen LogP contribution in [0.5, 0.6) is 11.5 Å². The zero-order valence-corrected chi connectivity index (χ0v) is 13.0. The standard InChI is InChI=1S/C19H23NO2/c1-2-21-16-8-10-17(11-9-16)22-19-12-13-20-14-18(19)15-6-4-3-5-7-15/h3-11,18-20H,2,12-14H2,1H3. The average molecular weight is 297 g/mol. The summed E-state index contributed by atoms with van der Waals surface area (Å²) in [7, 11) is 0. The molecule has 22 heavy (non-hydrogen) atoms. The first-order valence-corrected chi connectivity index (χ1v) is 8.02. The van der Waals surface area contributed by atoms with Crippen molar-refractivity contribution in [3.63, 3.8) is 0 Å². The molecular weight excluding hydrogens is 274 g/mol. The lowest BCUT2D eigenvalue weighted by Gasteiger charge is -2.33. The Morgan fingerprint density at radius 3 is 2.45 bits per heavy atom. The van der Waals surface area contributed by atoms with Crippen LogP contribution in [-0.4, -0.2) is 25.8 Å². The maximum absolute atomic E-state index is 6.26. The van der Waals surface area contributed by atoms with E-state index < -0.39 is 0 Å². The summed E-state index contributed by atoms with van der Waals surface area (Å²) in [5, 5.41) is 3.47. The maximum Gasteiger partial charge on any atom is 0.120 e. The van der Waals surface area contributed by atoms with E-state index in [4.69, 9.17) is 9.47 Å². The Balaban J connectivity index is 1.71. The van der Waals surface area contributed by atoms with Crippen molar-refractivity contribution >= 4 is 0 Å². The second-order valence-corrected chi connectivity index (χ2v) is 5.57. The molecule has 1 heterocycles. The first kappa shape index (κ1) is 14.9. The maximum atomic E-state index is 6.26. The van der Waals surface area contributed by atoms with Gasteiger partial charge in [0, 0.05) is 12.5 Å². The van der Waals surface area contributed by atoms with Gasteiger partial charge >= 0.3 is 0 Å². The fourth-order valence-electron chi connectivity index (χ4n) is 2.96. The second kappa shape index (κ2) is 7.32. The fraction of sp³-hybridized carbons (Fsp3) is 0.368. The van der Waals surface area contributed by atoms with E-state index in [2.05, 4.69) is 35.6 Å². The predicted octanol–water partition coefficient (Wildman–Crippen LogP) is 3.61. The lowest BCUT2D eigenvalue weighted by Crippen LogP contribution is -2.41. The van der Waals surface area contributed by atoms with E-state index in [-0.39, 0.29) is 6.10 Å². The van der Waals surface area contributed by atoms with Crippen molar-refractivity contribution in [1.29, 1.82) is 0 Å². The normalized spacial score (nSPS) is 21.3. The molecule has 3 nitrogen and oxygen atoms in total. The lowest BCUT2D eigenvalue weighted by molar-refractivity contribution is 0.138. The highest BCUT2D eigenvalue weighted by Crippen LogP contribution is 2.28. The van der Waals surface area contributed by atoms with E-state index in [0.717, 1.165) is 31.0 Å². The summed E-state index contributed by atoms with van der Waals surface area (Å²) in [5.41, 5.74) is 1.34. The summed E-state index contributed by atoms with van der Waals surface area (Å²) < 4.78 is 11.7. The number of nitrogens with one attached hydrogen (secondary N) is 1. The quantitative estimate of drug-likeness (QED) is 0.914. The molecule has 0 bridgehead atoms. The summed E-state index contributed by atoms with van der Waals surface area (Å²) in [6.07, 6.45) is 1.23. The zero-order valence-electron chi connectivity index (χ0n) is 13.0. The third-order valence-corrected chi connectivity index (χ3v) is 4.07. The van der Waals surface area contributed by atoms with Gasteiger partial charge in [0.05, 0.1) is 6.61 Å². The van der Waals surface area contributed by atoms with Crippen molar-refractivity contribution in [2.45, 2.75) is 25.4 Å². The second-order valence-electron chi connectivity index (χ2n) is 5.57. The molecule has 0 spiro atoms. The third-order valence-electron chi connectivity index (χ3n) is 4.07. The van der Waals surface area contributed by atoms with Crippen molar-refractivity contribution in [3.8, 4) is 11.5 Å². The van der Waals surface area contributed by atoms with Gasteiger partial charge in [-0.05, 0) is 49.7 Å². The summed E-state index contributed by atoms with van der Waals surface area (Å²) in [4.78, 5) is 0. The molecule has 1 N–H and O–H groups in total. The molecular formula is C19H23NO2. The van der Waals surface area contributed by atoms with Crippen molar-refractivity contribution in [3.05, 3.63) is 60.2 Å². The SMILES string of the molecule is CCOc1ccc(OC2CCNCC2c2ccccc2)cc1. The Hall–Kier alpha value is -2.00. The van der Waals surface area contributed by atoms with Gasteiger partial charge in [0.2, 0.25) is 0 Å². The molecule has 3 rings (SSSR count). The Kier molecular flexibility index (Phi) is 4.96. The molecule has 1 aliphatic heterocycles. The molecule has 2 atom stereocenters. The van der Waals surface area contributed by atoms with E-state index in [1.54, 1.807) is 0 Å². The molecule has 0 amide bonds. The largest absolute Gasteiger partial charge is 0.494 e. The van der Waals surface area contributed by atoms with E-state index in [0.29, 0.717) is 12.5 Å². The summed E-state index contributed by atoms with van der Waals surface area (Å²) in [5.74, 6) is 2.19.